The SMILES string of the molecule is O=C(CCN1CCC2(O)CCCCC2C1)c1ccc(F)cc1. The van der Waals surface area contributed by atoms with Crippen LogP contribution >= 0.6 is 0 Å². The standard InChI is InChI=1S/C18H24FNO2/c19-16-6-4-14(5-7-16)17(21)8-11-20-12-10-18(22)9-2-1-3-15(18)13-20/h4-7,15,22H,1-3,8-13H2. The van der Waals surface area contributed by atoms with Gasteiger partial charge in [0.25, 0.3) is 0 Å². The Balaban J connectivity index is 1.52. The fourth-order valence-electron chi connectivity index (χ4n) is 3.88. The molecule has 2 unspecified atom stereocenters. The Morgan fingerprint density at radius 1 is 1.27 bits per heavy atom. The first-order valence-electron chi connectivity index (χ1n) is 8.30. The number of benzene rings is 1. The molecule has 0 radical (unpaired) electrons. The van der Waals surface area contributed by atoms with Gasteiger partial charge in [0.05, 0.1) is 5.60 Å². The van der Waals surface area contributed by atoms with Crippen LogP contribution in [0.25, 0.3) is 0 Å². The van der Waals surface area contributed by atoms with Gasteiger partial charge in [0.2, 0.25) is 0 Å². The highest BCUT2D eigenvalue weighted by atomic mass is 19.1. The monoisotopic (exact) mass is 305 g/mol. The molecule has 1 aliphatic heterocycles. The minimum Gasteiger partial charge on any atom is -0.390 e. The molecular formula is C18H24FNO2. The minimum absolute atomic E-state index is 0.0597. The van der Waals surface area contributed by atoms with Crippen LogP contribution in [0.4, 0.5) is 4.39 Å². The number of halogens is 1. The highest BCUT2D eigenvalue weighted by Crippen LogP contribution is 2.39. The lowest BCUT2D eigenvalue weighted by molar-refractivity contribution is -0.0949. The number of piperidine rings is 1. The average Bonchev–Trinajstić information content (AvgIpc) is 2.53. The van der Waals surface area contributed by atoms with Crippen molar-refractivity contribution in [3.05, 3.63) is 35.6 Å². The third kappa shape index (κ3) is 3.39. The quantitative estimate of drug-likeness (QED) is 0.869. The Hall–Kier alpha value is -1.26. The predicted molar refractivity (Wildman–Crippen MR) is 83.3 cm³/mol. The van der Waals surface area contributed by atoms with E-state index in [-0.39, 0.29) is 11.6 Å². The van der Waals surface area contributed by atoms with Crippen molar-refractivity contribution in [1.29, 1.82) is 0 Å². The zero-order chi connectivity index (χ0) is 15.6. The summed E-state index contributed by atoms with van der Waals surface area (Å²) in [6, 6.07) is 5.76. The number of likely N-dealkylation sites (tertiary alicyclic amines) is 1. The van der Waals surface area contributed by atoms with Crippen molar-refractivity contribution in [3.63, 3.8) is 0 Å². The molecule has 0 aromatic heterocycles. The van der Waals surface area contributed by atoms with E-state index >= 15 is 0 Å². The molecule has 4 heteroatoms. The number of carbonyl (C=O) groups is 1. The molecule has 1 saturated heterocycles. The first-order valence-corrected chi connectivity index (χ1v) is 8.30. The van der Waals surface area contributed by atoms with E-state index in [9.17, 15) is 14.3 Å². The highest BCUT2D eigenvalue weighted by molar-refractivity contribution is 5.96. The van der Waals surface area contributed by atoms with E-state index in [4.69, 9.17) is 0 Å². The van der Waals surface area contributed by atoms with Gasteiger partial charge in [0, 0.05) is 37.5 Å². The molecule has 0 bridgehead atoms. The summed E-state index contributed by atoms with van der Waals surface area (Å²) in [6.45, 7) is 2.49. The molecule has 120 valence electrons. The van der Waals surface area contributed by atoms with Crippen molar-refractivity contribution < 1.29 is 14.3 Å². The van der Waals surface area contributed by atoms with Crippen LogP contribution in [-0.2, 0) is 0 Å². The fourth-order valence-corrected chi connectivity index (χ4v) is 3.88. The van der Waals surface area contributed by atoms with Crippen LogP contribution in [0.1, 0.15) is 48.9 Å². The molecule has 2 aliphatic rings. The summed E-state index contributed by atoms with van der Waals surface area (Å²) in [6.07, 6.45) is 5.64. The van der Waals surface area contributed by atoms with E-state index in [0.29, 0.717) is 17.9 Å². The van der Waals surface area contributed by atoms with Crippen molar-refractivity contribution in [1.82, 2.24) is 4.90 Å². The van der Waals surface area contributed by atoms with Crippen LogP contribution in [0.2, 0.25) is 0 Å². The Bertz CT molecular complexity index is 530. The van der Waals surface area contributed by atoms with Gasteiger partial charge in [-0.15, -0.1) is 0 Å². The van der Waals surface area contributed by atoms with E-state index in [0.717, 1.165) is 45.3 Å². The number of aliphatic hydroxyl groups is 1. The van der Waals surface area contributed by atoms with Gasteiger partial charge in [-0.2, -0.15) is 0 Å². The Morgan fingerprint density at radius 2 is 2.05 bits per heavy atom. The molecule has 1 aliphatic carbocycles. The molecule has 22 heavy (non-hydrogen) atoms. The molecule has 1 saturated carbocycles. The van der Waals surface area contributed by atoms with Crippen LogP contribution in [0, 0.1) is 11.7 Å². The molecule has 2 atom stereocenters. The summed E-state index contributed by atoms with van der Waals surface area (Å²) < 4.78 is 12.9. The van der Waals surface area contributed by atoms with Gasteiger partial charge in [-0.25, -0.2) is 4.39 Å². The second-order valence-corrected chi connectivity index (χ2v) is 6.78. The number of hydrogen-bond donors (Lipinski definition) is 1. The van der Waals surface area contributed by atoms with E-state index in [1.165, 1.54) is 18.6 Å². The number of Topliss-reactive ketones (excluding diaryl/α,β-unsaturated/α-hetero) is 1. The fraction of sp³-hybridized carbons (Fsp3) is 0.611. The molecule has 1 N–H and O–H groups in total. The first kappa shape index (κ1) is 15.6. The minimum atomic E-state index is -0.463. The molecule has 1 aromatic rings. The van der Waals surface area contributed by atoms with Crippen molar-refractivity contribution in [3.8, 4) is 0 Å². The van der Waals surface area contributed by atoms with Crippen molar-refractivity contribution in [2.75, 3.05) is 19.6 Å². The summed E-state index contributed by atoms with van der Waals surface area (Å²) in [5, 5.41) is 10.7. The Morgan fingerprint density at radius 3 is 2.82 bits per heavy atom. The maximum atomic E-state index is 12.9. The number of rotatable bonds is 4. The van der Waals surface area contributed by atoms with Crippen LogP contribution in [0.3, 0.4) is 0 Å². The highest BCUT2D eigenvalue weighted by Gasteiger charge is 2.42. The van der Waals surface area contributed by atoms with E-state index in [1.807, 2.05) is 0 Å². The smallest absolute Gasteiger partial charge is 0.164 e. The van der Waals surface area contributed by atoms with Crippen LogP contribution < -0.4 is 0 Å². The van der Waals surface area contributed by atoms with Gasteiger partial charge in [0.15, 0.2) is 5.78 Å². The zero-order valence-corrected chi connectivity index (χ0v) is 12.9. The lowest BCUT2D eigenvalue weighted by Gasteiger charge is -2.47. The average molecular weight is 305 g/mol. The lowest BCUT2D eigenvalue weighted by atomic mass is 9.71. The number of nitrogens with zero attached hydrogens (tertiary/aromatic N) is 1. The van der Waals surface area contributed by atoms with E-state index in [2.05, 4.69) is 4.90 Å². The van der Waals surface area contributed by atoms with Gasteiger partial charge in [0.1, 0.15) is 5.82 Å². The van der Waals surface area contributed by atoms with Crippen molar-refractivity contribution in [2.24, 2.45) is 5.92 Å². The second kappa shape index (κ2) is 6.47. The molecule has 2 fully saturated rings. The maximum Gasteiger partial charge on any atom is 0.164 e. The third-order valence-corrected chi connectivity index (χ3v) is 5.33. The van der Waals surface area contributed by atoms with Crippen molar-refractivity contribution in [2.45, 2.75) is 44.1 Å². The molecular weight excluding hydrogens is 281 g/mol. The number of fused-ring (bicyclic) bond motifs is 1. The number of hydrogen-bond acceptors (Lipinski definition) is 3. The van der Waals surface area contributed by atoms with E-state index in [1.54, 1.807) is 12.1 Å². The topological polar surface area (TPSA) is 40.5 Å². The first-order chi connectivity index (χ1) is 10.6. The maximum absolute atomic E-state index is 12.9. The molecule has 0 spiro atoms. The summed E-state index contributed by atoms with van der Waals surface area (Å²) >= 11 is 0. The predicted octanol–water partition coefficient (Wildman–Crippen LogP) is 3.03. The zero-order valence-electron chi connectivity index (χ0n) is 12.9. The van der Waals surface area contributed by atoms with Crippen LogP contribution in [-0.4, -0.2) is 41.0 Å². The Labute approximate surface area is 131 Å². The molecule has 1 heterocycles. The third-order valence-electron chi connectivity index (χ3n) is 5.33. The van der Waals surface area contributed by atoms with Gasteiger partial charge < -0.3 is 10.0 Å². The molecule has 3 nitrogen and oxygen atoms in total. The van der Waals surface area contributed by atoms with Gasteiger partial charge in [-0.3, -0.25) is 4.79 Å². The normalized spacial score (nSPS) is 29.1. The van der Waals surface area contributed by atoms with Gasteiger partial charge in [-0.05, 0) is 43.5 Å². The Kier molecular flexibility index (Phi) is 4.59. The summed E-state index contributed by atoms with van der Waals surface area (Å²) in [4.78, 5) is 14.4. The second-order valence-electron chi connectivity index (χ2n) is 6.78. The molecule has 1 aromatic carbocycles. The van der Waals surface area contributed by atoms with E-state index < -0.39 is 5.60 Å². The van der Waals surface area contributed by atoms with Gasteiger partial charge in [-0.1, -0.05) is 12.8 Å². The number of ketones is 1. The number of carbonyl (C=O) groups excluding carboxylic acids is 1. The summed E-state index contributed by atoms with van der Waals surface area (Å²) in [7, 11) is 0. The molecule has 3 rings (SSSR count). The lowest BCUT2D eigenvalue weighted by Crippen LogP contribution is -2.53. The summed E-state index contributed by atoms with van der Waals surface area (Å²) in [5.41, 5.74) is 0.114. The largest absolute Gasteiger partial charge is 0.390 e. The van der Waals surface area contributed by atoms with Gasteiger partial charge >= 0.3 is 0 Å². The molecule has 0 amide bonds. The van der Waals surface area contributed by atoms with Crippen molar-refractivity contribution >= 4 is 5.78 Å². The summed E-state index contributed by atoms with van der Waals surface area (Å²) in [5.74, 6) is 0.101. The van der Waals surface area contributed by atoms with Crippen LogP contribution in [0.15, 0.2) is 24.3 Å². The van der Waals surface area contributed by atoms with Crippen LogP contribution in [0.5, 0.6) is 0 Å².